The molecule has 5 nitrogen and oxygen atoms in total. The van der Waals surface area contributed by atoms with Gasteiger partial charge in [-0.1, -0.05) is 29.8 Å². The molecule has 0 aliphatic heterocycles. The monoisotopic (exact) mass is 367 g/mol. The van der Waals surface area contributed by atoms with Gasteiger partial charge in [0.25, 0.3) is 5.91 Å². The molecule has 3 rings (SSSR count). The summed E-state index contributed by atoms with van der Waals surface area (Å²) in [7, 11) is 1.58. The number of amides is 1. The lowest BCUT2D eigenvalue weighted by atomic mass is 10.2. The number of hydrogen-bond acceptors (Lipinski definition) is 4. The predicted octanol–water partition coefficient (Wildman–Crippen LogP) is 4.61. The van der Waals surface area contributed by atoms with Crippen LogP contribution in [0.25, 0.3) is 0 Å². The van der Waals surface area contributed by atoms with E-state index in [1.807, 2.05) is 42.5 Å². The smallest absolute Gasteiger partial charge is 0.274 e. The average molecular weight is 368 g/mol. The summed E-state index contributed by atoms with van der Waals surface area (Å²) in [6, 6.07) is 18.3. The fraction of sp³-hybridized carbons (Fsp3) is 0.100. The Bertz CT molecular complexity index is 880. The van der Waals surface area contributed by atoms with E-state index in [1.165, 1.54) is 0 Å². The second kappa shape index (κ2) is 8.36. The summed E-state index contributed by atoms with van der Waals surface area (Å²) in [6.07, 6.45) is 1.64. The average Bonchev–Trinajstić information content (AvgIpc) is 2.68. The Morgan fingerprint density at radius 3 is 2.58 bits per heavy atom. The summed E-state index contributed by atoms with van der Waals surface area (Å²) >= 11 is 5.88. The van der Waals surface area contributed by atoms with Crippen LogP contribution in [0.15, 0.2) is 66.9 Å². The molecule has 2 N–H and O–H groups in total. The molecule has 0 radical (unpaired) electrons. The SMILES string of the molecule is COc1cccc(NC(=O)c2ccc(NCc3ccc(Cl)cc3)cn2)c1. The number of anilines is 2. The molecule has 2 aromatic carbocycles. The van der Waals surface area contributed by atoms with Gasteiger partial charge >= 0.3 is 0 Å². The number of carbonyl (C=O) groups is 1. The first-order valence-corrected chi connectivity index (χ1v) is 8.41. The molecule has 26 heavy (non-hydrogen) atoms. The molecule has 0 spiro atoms. The normalized spacial score (nSPS) is 10.2. The lowest BCUT2D eigenvalue weighted by molar-refractivity contribution is 0.102. The zero-order chi connectivity index (χ0) is 18.4. The highest BCUT2D eigenvalue weighted by Crippen LogP contribution is 2.18. The van der Waals surface area contributed by atoms with E-state index in [1.54, 1.807) is 31.5 Å². The molecule has 0 fully saturated rings. The lowest BCUT2D eigenvalue weighted by Crippen LogP contribution is -2.13. The molecule has 0 unspecified atom stereocenters. The molecule has 0 aliphatic rings. The third-order valence-corrected chi connectivity index (χ3v) is 3.99. The van der Waals surface area contributed by atoms with Gasteiger partial charge in [0.1, 0.15) is 11.4 Å². The quantitative estimate of drug-likeness (QED) is 0.668. The van der Waals surface area contributed by atoms with Gasteiger partial charge in [0.15, 0.2) is 0 Å². The number of pyridine rings is 1. The van der Waals surface area contributed by atoms with E-state index in [0.717, 1.165) is 11.3 Å². The van der Waals surface area contributed by atoms with E-state index in [0.29, 0.717) is 28.7 Å². The molecule has 0 saturated heterocycles. The Labute approximate surface area is 157 Å². The number of methoxy groups -OCH3 is 1. The molecule has 1 heterocycles. The first-order chi connectivity index (χ1) is 12.6. The second-order valence-electron chi connectivity index (χ2n) is 5.60. The Morgan fingerprint density at radius 2 is 1.88 bits per heavy atom. The molecule has 0 saturated carbocycles. The van der Waals surface area contributed by atoms with Crippen molar-refractivity contribution in [1.29, 1.82) is 0 Å². The van der Waals surface area contributed by atoms with Crippen molar-refractivity contribution < 1.29 is 9.53 Å². The number of nitrogens with zero attached hydrogens (tertiary/aromatic N) is 1. The van der Waals surface area contributed by atoms with E-state index in [2.05, 4.69) is 15.6 Å². The van der Waals surface area contributed by atoms with E-state index in [9.17, 15) is 4.79 Å². The van der Waals surface area contributed by atoms with Crippen LogP contribution in [0.1, 0.15) is 16.1 Å². The first kappa shape index (κ1) is 17.8. The second-order valence-corrected chi connectivity index (χ2v) is 6.03. The van der Waals surface area contributed by atoms with Crippen LogP contribution in [0.2, 0.25) is 5.02 Å². The minimum atomic E-state index is -0.275. The van der Waals surface area contributed by atoms with Crippen LogP contribution in [0.4, 0.5) is 11.4 Å². The van der Waals surface area contributed by atoms with Crippen molar-refractivity contribution in [2.24, 2.45) is 0 Å². The molecule has 1 amide bonds. The van der Waals surface area contributed by atoms with Crippen LogP contribution in [0.3, 0.4) is 0 Å². The number of halogens is 1. The number of benzene rings is 2. The first-order valence-electron chi connectivity index (χ1n) is 8.04. The maximum absolute atomic E-state index is 12.3. The summed E-state index contributed by atoms with van der Waals surface area (Å²) < 4.78 is 5.15. The topological polar surface area (TPSA) is 63.2 Å². The highest BCUT2D eigenvalue weighted by molar-refractivity contribution is 6.30. The number of rotatable bonds is 6. The van der Waals surface area contributed by atoms with Gasteiger partial charge in [-0.3, -0.25) is 4.79 Å². The van der Waals surface area contributed by atoms with Crippen molar-refractivity contribution in [2.45, 2.75) is 6.54 Å². The van der Waals surface area contributed by atoms with Crippen LogP contribution in [-0.4, -0.2) is 18.0 Å². The molecule has 0 aliphatic carbocycles. The zero-order valence-corrected chi connectivity index (χ0v) is 15.0. The van der Waals surface area contributed by atoms with Crippen LogP contribution >= 0.6 is 11.6 Å². The number of hydrogen-bond donors (Lipinski definition) is 2. The van der Waals surface area contributed by atoms with E-state index in [4.69, 9.17) is 16.3 Å². The predicted molar refractivity (Wildman–Crippen MR) is 104 cm³/mol. The summed E-state index contributed by atoms with van der Waals surface area (Å²) in [5.74, 6) is 0.403. The van der Waals surface area contributed by atoms with E-state index in [-0.39, 0.29) is 5.91 Å². The Hall–Kier alpha value is -3.05. The van der Waals surface area contributed by atoms with Crippen molar-refractivity contribution in [3.8, 4) is 5.75 Å². The molecule has 132 valence electrons. The van der Waals surface area contributed by atoms with Crippen molar-refractivity contribution >= 4 is 28.9 Å². The number of carbonyl (C=O) groups excluding carboxylic acids is 1. The molecule has 0 atom stereocenters. The van der Waals surface area contributed by atoms with Crippen molar-refractivity contribution in [3.63, 3.8) is 0 Å². The molecular weight excluding hydrogens is 350 g/mol. The Kier molecular flexibility index (Phi) is 5.71. The fourth-order valence-electron chi connectivity index (χ4n) is 2.34. The Balaban J connectivity index is 1.59. The highest BCUT2D eigenvalue weighted by atomic mass is 35.5. The van der Waals surface area contributed by atoms with Crippen molar-refractivity contribution in [1.82, 2.24) is 4.98 Å². The fourth-order valence-corrected chi connectivity index (χ4v) is 2.46. The third kappa shape index (κ3) is 4.74. The number of nitrogens with one attached hydrogen (secondary N) is 2. The number of aromatic nitrogens is 1. The summed E-state index contributed by atoms with van der Waals surface area (Å²) in [4.78, 5) is 16.5. The van der Waals surface area contributed by atoms with E-state index >= 15 is 0 Å². The standard InChI is InChI=1S/C20H18ClN3O2/c1-26-18-4-2-3-16(11-18)24-20(25)19-10-9-17(13-23-19)22-12-14-5-7-15(21)8-6-14/h2-11,13,22H,12H2,1H3,(H,24,25). The van der Waals surface area contributed by atoms with Crippen LogP contribution < -0.4 is 15.4 Å². The molecule has 3 aromatic rings. The van der Waals surface area contributed by atoms with Crippen LogP contribution in [0.5, 0.6) is 5.75 Å². The van der Waals surface area contributed by atoms with Crippen LogP contribution in [-0.2, 0) is 6.54 Å². The minimum absolute atomic E-state index is 0.275. The molecule has 6 heteroatoms. The van der Waals surface area contributed by atoms with Gasteiger partial charge in [0.05, 0.1) is 19.0 Å². The van der Waals surface area contributed by atoms with Crippen LogP contribution in [0, 0.1) is 0 Å². The minimum Gasteiger partial charge on any atom is -0.497 e. The van der Waals surface area contributed by atoms with Gasteiger partial charge in [-0.2, -0.15) is 0 Å². The summed E-state index contributed by atoms with van der Waals surface area (Å²) in [6.45, 7) is 0.647. The maximum Gasteiger partial charge on any atom is 0.274 e. The van der Waals surface area contributed by atoms with Gasteiger partial charge in [0.2, 0.25) is 0 Å². The summed E-state index contributed by atoms with van der Waals surface area (Å²) in [5.41, 5.74) is 2.93. The largest absolute Gasteiger partial charge is 0.497 e. The van der Waals surface area contributed by atoms with Gasteiger partial charge < -0.3 is 15.4 Å². The van der Waals surface area contributed by atoms with Crippen molar-refractivity contribution in [2.75, 3.05) is 17.7 Å². The third-order valence-electron chi connectivity index (χ3n) is 3.73. The molecule has 0 bridgehead atoms. The van der Waals surface area contributed by atoms with Gasteiger partial charge in [0, 0.05) is 23.3 Å². The summed E-state index contributed by atoms with van der Waals surface area (Å²) in [5, 5.41) is 6.77. The maximum atomic E-state index is 12.3. The zero-order valence-electron chi connectivity index (χ0n) is 14.2. The van der Waals surface area contributed by atoms with Gasteiger partial charge in [-0.05, 0) is 42.0 Å². The lowest BCUT2D eigenvalue weighted by Gasteiger charge is -2.08. The van der Waals surface area contributed by atoms with Gasteiger partial charge in [-0.15, -0.1) is 0 Å². The molecule has 1 aromatic heterocycles. The number of ether oxygens (including phenoxy) is 1. The van der Waals surface area contributed by atoms with Gasteiger partial charge in [-0.25, -0.2) is 4.98 Å². The van der Waals surface area contributed by atoms with Crippen molar-refractivity contribution in [3.05, 3.63) is 83.1 Å². The molecular formula is C20H18ClN3O2. The highest BCUT2D eigenvalue weighted by Gasteiger charge is 2.08. The van der Waals surface area contributed by atoms with E-state index < -0.39 is 0 Å². The Morgan fingerprint density at radius 1 is 1.08 bits per heavy atom.